The van der Waals surface area contributed by atoms with E-state index in [0.29, 0.717) is 4.47 Å². The van der Waals surface area contributed by atoms with Crippen molar-refractivity contribution in [3.63, 3.8) is 0 Å². The van der Waals surface area contributed by atoms with Gasteiger partial charge in [-0.2, -0.15) is 0 Å². The minimum absolute atomic E-state index is 0.0217. The summed E-state index contributed by atoms with van der Waals surface area (Å²) in [6, 6.07) is 8.32. The second kappa shape index (κ2) is 10.4. The van der Waals surface area contributed by atoms with Crippen LogP contribution >= 0.6 is 27.5 Å². The lowest BCUT2D eigenvalue weighted by atomic mass is 9.94. The summed E-state index contributed by atoms with van der Waals surface area (Å²) in [5.41, 5.74) is -0.164. The number of nitrogens with zero attached hydrogens (tertiary/aromatic N) is 1. The SMILES string of the molecule is O=C(NC1CCCCC1)[C@@H](c1ccccc1F)N(C(=O)CCl)c1ccc(Br)cc1F. The van der Waals surface area contributed by atoms with E-state index < -0.39 is 35.4 Å². The first-order valence-electron chi connectivity index (χ1n) is 9.80. The third kappa shape index (κ3) is 5.19. The van der Waals surface area contributed by atoms with Crippen LogP contribution in [0.1, 0.15) is 43.7 Å². The molecule has 0 aromatic heterocycles. The summed E-state index contributed by atoms with van der Waals surface area (Å²) < 4.78 is 30.0. The molecule has 1 saturated carbocycles. The molecule has 2 aromatic rings. The highest BCUT2D eigenvalue weighted by atomic mass is 79.9. The van der Waals surface area contributed by atoms with Gasteiger partial charge in [-0.1, -0.05) is 53.4 Å². The Morgan fingerprint density at radius 1 is 1.10 bits per heavy atom. The van der Waals surface area contributed by atoms with Crippen molar-refractivity contribution in [2.75, 3.05) is 10.8 Å². The van der Waals surface area contributed by atoms with E-state index in [1.807, 2.05) is 0 Å². The number of benzene rings is 2. The molecular formula is C22H22BrClF2N2O2. The zero-order valence-corrected chi connectivity index (χ0v) is 18.6. The lowest BCUT2D eigenvalue weighted by molar-refractivity contribution is -0.126. The molecule has 2 amide bonds. The number of hydrogen-bond acceptors (Lipinski definition) is 2. The van der Waals surface area contributed by atoms with Crippen molar-refractivity contribution in [2.24, 2.45) is 0 Å². The number of alkyl halides is 1. The molecule has 1 N–H and O–H groups in total. The van der Waals surface area contributed by atoms with Gasteiger partial charge in [0.2, 0.25) is 11.8 Å². The molecule has 8 heteroatoms. The molecule has 0 heterocycles. The summed E-state index contributed by atoms with van der Waals surface area (Å²) in [5.74, 6) is -3.14. The van der Waals surface area contributed by atoms with Crippen LogP contribution in [0.4, 0.5) is 14.5 Å². The maximum atomic E-state index is 14.8. The fourth-order valence-corrected chi connectivity index (χ4v) is 4.24. The molecule has 1 aliphatic rings. The van der Waals surface area contributed by atoms with Crippen LogP contribution < -0.4 is 10.2 Å². The third-order valence-electron chi connectivity index (χ3n) is 5.21. The van der Waals surface area contributed by atoms with Gasteiger partial charge >= 0.3 is 0 Å². The van der Waals surface area contributed by atoms with Crippen molar-refractivity contribution in [1.82, 2.24) is 5.32 Å². The third-order valence-corrected chi connectivity index (χ3v) is 5.93. The predicted molar refractivity (Wildman–Crippen MR) is 116 cm³/mol. The Hall–Kier alpha value is -1.99. The number of hydrogen-bond donors (Lipinski definition) is 1. The number of amides is 2. The van der Waals surface area contributed by atoms with Gasteiger partial charge in [-0.25, -0.2) is 8.78 Å². The largest absolute Gasteiger partial charge is 0.351 e. The van der Waals surface area contributed by atoms with Crippen LogP contribution in [-0.4, -0.2) is 23.7 Å². The van der Waals surface area contributed by atoms with E-state index >= 15 is 0 Å². The number of halogens is 4. The summed E-state index contributed by atoms with van der Waals surface area (Å²) in [4.78, 5) is 27.1. The predicted octanol–water partition coefficient (Wildman–Crippen LogP) is 5.49. The smallest absolute Gasteiger partial charge is 0.248 e. The lowest BCUT2D eigenvalue weighted by Crippen LogP contribution is -2.48. The van der Waals surface area contributed by atoms with Gasteiger partial charge in [-0.05, 0) is 37.1 Å². The summed E-state index contributed by atoms with van der Waals surface area (Å²) in [7, 11) is 0. The molecule has 1 aliphatic carbocycles. The Labute approximate surface area is 187 Å². The van der Waals surface area contributed by atoms with Crippen LogP contribution in [0.3, 0.4) is 0 Å². The summed E-state index contributed by atoms with van der Waals surface area (Å²) in [6.07, 6.45) is 4.70. The first kappa shape index (κ1) is 22.7. The van der Waals surface area contributed by atoms with Crippen molar-refractivity contribution >= 4 is 45.0 Å². The van der Waals surface area contributed by atoms with Gasteiger partial charge in [-0.15, -0.1) is 11.6 Å². The molecule has 1 atom stereocenters. The van der Waals surface area contributed by atoms with Crippen LogP contribution in [0.25, 0.3) is 0 Å². The van der Waals surface area contributed by atoms with Gasteiger partial charge in [0.15, 0.2) is 0 Å². The Morgan fingerprint density at radius 3 is 2.43 bits per heavy atom. The molecule has 0 saturated heterocycles. The first-order valence-corrected chi connectivity index (χ1v) is 11.1. The number of rotatable bonds is 6. The first-order chi connectivity index (χ1) is 14.4. The van der Waals surface area contributed by atoms with Gasteiger partial charge < -0.3 is 5.32 Å². The molecule has 2 aromatic carbocycles. The highest BCUT2D eigenvalue weighted by Crippen LogP contribution is 2.33. The Kier molecular flexibility index (Phi) is 7.83. The molecule has 4 nitrogen and oxygen atoms in total. The highest BCUT2D eigenvalue weighted by Gasteiger charge is 2.36. The standard InChI is InChI=1S/C22H22BrClF2N2O2/c23-14-10-11-19(18(26)12-14)28(20(29)13-24)21(16-8-4-5-9-17(16)25)22(30)27-15-6-2-1-3-7-15/h4-5,8-12,15,21H,1-3,6-7,13H2,(H,27,30)/t21-/m1/s1. The maximum absolute atomic E-state index is 14.8. The normalized spacial score (nSPS) is 15.5. The van der Waals surface area contributed by atoms with Crippen molar-refractivity contribution in [3.05, 3.63) is 64.1 Å². The van der Waals surface area contributed by atoms with Crippen LogP contribution in [-0.2, 0) is 9.59 Å². The highest BCUT2D eigenvalue weighted by molar-refractivity contribution is 9.10. The van der Waals surface area contributed by atoms with E-state index in [-0.39, 0.29) is 17.3 Å². The zero-order chi connectivity index (χ0) is 21.7. The van der Waals surface area contributed by atoms with Crippen LogP contribution in [0.2, 0.25) is 0 Å². The molecule has 0 bridgehead atoms. The molecule has 0 unspecified atom stereocenters. The molecule has 1 fully saturated rings. The molecule has 0 spiro atoms. The quantitative estimate of drug-likeness (QED) is 0.534. The molecule has 160 valence electrons. The average Bonchev–Trinajstić information content (AvgIpc) is 2.73. The van der Waals surface area contributed by atoms with Crippen molar-refractivity contribution in [1.29, 1.82) is 0 Å². The maximum Gasteiger partial charge on any atom is 0.248 e. The van der Waals surface area contributed by atoms with E-state index in [9.17, 15) is 18.4 Å². The van der Waals surface area contributed by atoms with Gasteiger partial charge in [0, 0.05) is 16.1 Å². The summed E-state index contributed by atoms with van der Waals surface area (Å²) in [6.45, 7) is 0. The number of carbonyl (C=O) groups is 2. The summed E-state index contributed by atoms with van der Waals surface area (Å²) >= 11 is 8.98. The van der Waals surface area contributed by atoms with Crippen molar-refractivity contribution < 1.29 is 18.4 Å². The molecule has 0 radical (unpaired) electrons. The average molecular weight is 500 g/mol. The monoisotopic (exact) mass is 498 g/mol. The van der Waals surface area contributed by atoms with Gasteiger partial charge in [0.05, 0.1) is 5.69 Å². The Balaban J connectivity index is 2.08. The van der Waals surface area contributed by atoms with Crippen LogP contribution in [0, 0.1) is 11.6 Å². The minimum Gasteiger partial charge on any atom is -0.351 e. The van der Waals surface area contributed by atoms with Gasteiger partial charge in [0.1, 0.15) is 23.6 Å². The van der Waals surface area contributed by atoms with E-state index in [0.717, 1.165) is 37.0 Å². The second-order valence-electron chi connectivity index (χ2n) is 7.26. The minimum atomic E-state index is -1.39. The van der Waals surface area contributed by atoms with E-state index in [1.54, 1.807) is 12.1 Å². The van der Waals surface area contributed by atoms with E-state index in [2.05, 4.69) is 21.2 Å². The zero-order valence-electron chi connectivity index (χ0n) is 16.2. The van der Waals surface area contributed by atoms with Gasteiger partial charge in [-0.3, -0.25) is 14.5 Å². The second-order valence-corrected chi connectivity index (χ2v) is 8.44. The summed E-state index contributed by atoms with van der Waals surface area (Å²) in [5, 5.41) is 2.93. The fraction of sp³-hybridized carbons (Fsp3) is 0.364. The van der Waals surface area contributed by atoms with Crippen LogP contribution in [0.15, 0.2) is 46.9 Å². The molecular weight excluding hydrogens is 478 g/mol. The molecule has 30 heavy (non-hydrogen) atoms. The Bertz CT molecular complexity index is 922. The Morgan fingerprint density at radius 2 is 1.80 bits per heavy atom. The fourth-order valence-electron chi connectivity index (χ4n) is 3.78. The molecule has 3 rings (SSSR count). The topological polar surface area (TPSA) is 49.4 Å². The molecule has 0 aliphatic heterocycles. The van der Waals surface area contributed by atoms with Crippen molar-refractivity contribution in [3.8, 4) is 0 Å². The lowest BCUT2D eigenvalue weighted by Gasteiger charge is -2.33. The number of carbonyl (C=O) groups excluding carboxylic acids is 2. The number of anilines is 1. The van der Waals surface area contributed by atoms with Crippen LogP contribution in [0.5, 0.6) is 0 Å². The number of nitrogens with one attached hydrogen (secondary N) is 1. The van der Waals surface area contributed by atoms with E-state index in [4.69, 9.17) is 11.6 Å². The van der Waals surface area contributed by atoms with Gasteiger partial charge in [0.25, 0.3) is 0 Å². The van der Waals surface area contributed by atoms with E-state index in [1.165, 1.54) is 30.3 Å². The van der Waals surface area contributed by atoms with Crippen molar-refractivity contribution in [2.45, 2.75) is 44.2 Å².